The van der Waals surface area contributed by atoms with Crippen molar-refractivity contribution in [2.75, 3.05) is 0 Å². The van der Waals surface area contributed by atoms with Crippen LogP contribution in [0.25, 0.3) is 75.8 Å². The summed E-state index contributed by atoms with van der Waals surface area (Å²) in [6.07, 6.45) is 3.80. The zero-order valence-corrected chi connectivity index (χ0v) is 21.1. The molecular formula is C34H20N2OS. The van der Waals surface area contributed by atoms with Crippen LogP contribution in [0, 0.1) is 0 Å². The molecule has 4 heterocycles. The van der Waals surface area contributed by atoms with Crippen LogP contribution in [-0.2, 0) is 0 Å². The van der Waals surface area contributed by atoms with Crippen LogP contribution in [0.1, 0.15) is 0 Å². The number of nitrogens with zero attached hydrogens (tertiary/aromatic N) is 2. The lowest BCUT2D eigenvalue weighted by molar-refractivity contribution is 0.668. The Morgan fingerprint density at radius 1 is 0.474 bits per heavy atom. The molecule has 4 heteroatoms. The highest BCUT2D eigenvalue weighted by atomic mass is 32.1. The number of furan rings is 1. The number of fused-ring (bicyclic) bond motifs is 6. The molecule has 0 unspecified atom stereocenters. The van der Waals surface area contributed by atoms with Crippen molar-refractivity contribution in [3.8, 4) is 33.6 Å². The first-order valence-electron chi connectivity index (χ1n) is 12.6. The molecule has 0 N–H and O–H groups in total. The topological polar surface area (TPSA) is 38.9 Å². The van der Waals surface area contributed by atoms with E-state index in [1.54, 1.807) is 11.3 Å². The maximum absolute atomic E-state index is 6.36. The van der Waals surface area contributed by atoms with Crippen molar-refractivity contribution in [3.05, 3.63) is 122 Å². The smallest absolute Gasteiger partial charge is 0.161 e. The van der Waals surface area contributed by atoms with E-state index in [1.807, 2.05) is 36.7 Å². The average Bonchev–Trinajstić information content (AvgIpc) is 3.56. The second kappa shape index (κ2) is 8.37. The van der Waals surface area contributed by atoms with Crippen LogP contribution >= 0.6 is 11.3 Å². The highest BCUT2D eigenvalue weighted by molar-refractivity contribution is 7.26. The molecule has 8 aromatic rings. The zero-order chi connectivity index (χ0) is 25.1. The maximum atomic E-state index is 6.36. The van der Waals surface area contributed by atoms with Crippen molar-refractivity contribution in [1.82, 2.24) is 9.97 Å². The van der Waals surface area contributed by atoms with Gasteiger partial charge in [0.25, 0.3) is 0 Å². The number of rotatable bonds is 3. The van der Waals surface area contributed by atoms with Crippen LogP contribution in [0.5, 0.6) is 0 Å². The molecule has 38 heavy (non-hydrogen) atoms. The van der Waals surface area contributed by atoms with Gasteiger partial charge in [-0.05, 0) is 35.4 Å². The van der Waals surface area contributed by atoms with Crippen molar-refractivity contribution < 1.29 is 4.42 Å². The van der Waals surface area contributed by atoms with Gasteiger partial charge in [-0.1, -0.05) is 84.9 Å². The van der Waals surface area contributed by atoms with Crippen LogP contribution in [0.2, 0.25) is 0 Å². The van der Waals surface area contributed by atoms with Gasteiger partial charge in [0.1, 0.15) is 11.3 Å². The Morgan fingerprint density at radius 2 is 1.05 bits per heavy atom. The summed E-state index contributed by atoms with van der Waals surface area (Å²) in [6, 6.07) is 37.9. The van der Waals surface area contributed by atoms with Gasteiger partial charge in [0.15, 0.2) is 5.58 Å². The summed E-state index contributed by atoms with van der Waals surface area (Å²) in [5.41, 5.74) is 7.89. The first kappa shape index (κ1) is 21.3. The van der Waals surface area contributed by atoms with Crippen LogP contribution in [0.15, 0.2) is 126 Å². The van der Waals surface area contributed by atoms with Crippen LogP contribution < -0.4 is 0 Å². The number of para-hydroxylation sites is 1. The lowest BCUT2D eigenvalue weighted by Gasteiger charge is -2.14. The molecule has 0 bridgehead atoms. The van der Waals surface area contributed by atoms with Crippen molar-refractivity contribution in [3.63, 3.8) is 0 Å². The van der Waals surface area contributed by atoms with Gasteiger partial charge < -0.3 is 4.42 Å². The fourth-order valence-corrected chi connectivity index (χ4v) is 6.74. The lowest BCUT2D eigenvalue weighted by atomic mass is 9.91. The summed E-state index contributed by atoms with van der Waals surface area (Å²) in [5, 5.41) is 4.69. The summed E-state index contributed by atoms with van der Waals surface area (Å²) >= 11 is 1.80. The van der Waals surface area contributed by atoms with E-state index in [-0.39, 0.29) is 0 Å². The molecule has 0 radical (unpaired) electrons. The molecule has 4 aromatic heterocycles. The van der Waals surface area contributed by atoms with Gasteiger partial charge in [0.05, 0.1) is 10.4 Å². The van der Waals surface area contributed by atoms with E-state index in [4.69, 9.17) is 14.4 Å². The van der Waals surface area contributed by atoms with E-state index >= 15 is 0 Å². The highest BCUT2D eigenvalue weighted by Crippen LogP contribution is 2.44. The van der Waals surface area contributed by atoms with E-state index in [0.717, 1.165) is 55.6 Å². The van der Waals surface area contributed by atoms with Crippen molar-refractivity contribution in [2.24, 2.45) is 0 Å². The molecule has 4 aromatic carbocycles. The quantitative estimate of drug-likeness (QED) is 0.240. The normalized spacial score (nSPS) is 11.7. The van der Waals surface area contributed by atoms with Gasteiger partial charge in [-0.15, -0.1) is 11.3 Å². The van der Waals surface area contributed by atoms with Crippen LogP contribution in [0.3, 0.4) is 0 Å². The van der Waals surface area contributed by atoms with Crippen LogP contribution in [0.4, 0.5) is 0 Å². The minimum absolute atomic E-state index is 0.809. The molecule has 0 spiro atoms. The van der Waals surface area contributed by atoms with Crippen molar-refractivity contribution in [1.29, 1.82) is 0 Å². The van der Waals surface area contributed by atoms with E-state index in [1.165, 1.54) is 20.2 Å². The van der Waals surface area contributed by atoms with E-state index in [9.17, 15) is 0 Å². The molecule has 0 fully saturated rings. The second-order valence-corrected chi connectivity index (χ2v) is 10.4. The number of aromatic nitrogens is 2. The molecule has 0 aliphatic heterocycles. The van der Waals surface area contributed by atoms with E-state index in [2.05, 4.69) is 84.9 Å². The largest absolute Gasteiger partial charge is 0.454 e. The Balaban J connectivity index is 1.39. The maximum Gasteiger partial charge on any atom is 0.161 e. The molecule has 0 saturated carbocycles. The molecule has 0 amide bonds. The van der Waals surface area contributed by atoms with Crippen molar-refractivity contribution >= 4 is 53.4 Å². The van der Waals surface area contributed by atoms with Gasteiger partial charge >= 0.3 is 0 Å². The zero-order valence-electron chi connectivity index (χ0n) is 20.3. The molecular weight excluding hydrogens is 484 g/mol. The fourth-order valence-electron chi connectivity index (χ4n) is 5.54. The number of hydrogen-bond acceptors (Lipinski definition) is 4. The Hall–Kier alpha value is -4.80. The Labute approximate surface area is 222 Å². The van der Waals surface area contributed by atoms with Crippen molar-refractivity contribution in [2.45, 2.75) is 0 Å². The second-order valence-electron chi connectivity index (χ2n) is 9.36. The molecule has 8 rings (SSSR count). The highest BCUT2D eigenvalue weighted by Gasteiger charge is 2.20. The molecule has 3 nitrogen and oxygen atoms in total. The third-order valence-corrected chi connectivity index (χ3v) is 8.44. The minimum atomic E-state index is 0.809. The lowest BCUT2D eigenvalue weighted by Crippen LogP contribution is -1.92. The van der Waals surface area contributed by atoms with Gasteiger partial charge in [0, 0.05) is 49.8 Å². The third-order valence-electron chi connectivity index (χ3n) is 7.24. The third kappa shape index (κ3) is 3.14. The number of thiophene rings is 1. The predicted molar refractivity (Wildman–Crippen MR) is 159 cm³/mol. The molecule has 0 atom stereocenters. The van der Waals surface area contributed by atoms with Gasteiger partial charge in [-0.25, -0.2) is 0 Å². The molecule has 0 aliphatic carbocycles. The fraction of sp³-hybridized carbons (Fsp3) is 0. The number of benzene rings is 4. The summed E-state index contributed by atoms with van der Waals surface area (Å²) in [5.74, 6) is 0. The summed E-state index contributed by atoms with van der Waals surface area (Å²) < 4.78 is 8.84. The Kier molecular flexibility index (Phi) is 4.69. The Bertz CT molecular complexity index is 2000. The summed E-state index contributed by atoms with van der Waals surface area (Å²) in [6.45, 7) is 0. The van der Waals surface area contributed by atoms with Gasteiger partial charge in [0.2, 0.25) is 0 Å². The van der Waals surface area contributed by atoms with Gasteiger partial charge in [-0.2, -0.15) is 0 Å². The number of hydrogen-bond donors (Lipinski definition) is 0. The predicted octanol–water partition coefficient (Wildman–Crippen LogP) is 9.74. The first-order valence-corrected chi connectivity index (χ1v) is 13.4. The minimum Gasteiger partial charge on any atom is -0.454 e. The standard InChI is InChI=1S/C34H20N2OS/c1-3-13-25(31-33-27(17-19-35-31)23-11-5-7-15-29(23)37-33)21(9-1)22-10-2-4-14-26(22)32-34-28(18-20-36-32)24-12-6-8-16-30(24)38-34/h1-20H. The summed E-state index contributed by atoms with van der Waals surface area (Å²) in [4.78, 5) is 9.75. The Morgan fingerprint density at radius 3 is 1.84 bits per heavy atom. The molecule has 178 valence electrons. The van der Waals surface area contributed by atoms with Crippen LogP contribution in [-0.4, -0.2) is 9.97 Å². The summed E-state index contributed by atoms with van der Waals surface area (Å²) in [7, 11) is 0. The monoisotopic (exact) mass is 504 g/mol. The first-order chi connectivity index (χ1) is 18.9. The average molecular weight is 505 g/mol. The molecule has 0 aliphatic rings. The van der Waals surface area contributed by atoms with E-state index in [0.29, 0.717) is 0 Å². The number of pyridine rings is 2. The molecule has 0 saturated heterocycles. The van der Waals surface area contributed by atoms with Gasteiger partial charge in [-0.3, -0.25) is 9.97 Å². The van der Waals surface area contributed by atoms with E-state index < -0.39 is 0 Å². The SMILES string of the molecule is c1ccc(-c2nccc3c2oc2ccccc23)c(-c2ccccc2-c2nccc3c2sc2ccccc23)c1.